The summed E-state index contributed by atoms with van der Waals surface area (Å²) in [4.78, 5) is 0. The van der Waals surface area contributed by atoms with Gasteiger partial charge in [-0.1, -0.05) is 148 Å². The molecule has 10 aromatic rings. The van der Waals surface area contributed by atoms with Crippen molar-refractivity contribution in [1.29, 1.82) is 0 Å². The lowest BCUT2D eigenvalue weighted by molar-refractivity contribution is 0.592. The van der Waals surface area contributed by atoms with Gasteiger partial charge in [0.25, 0.3) is 0 Å². The molecule has 48 heavy (non-hydrogen) atoms. The van der Waals surface area contributed by atoms with Crippen molar-refractivity contribution in [3.05, 3.63) is 157 Å². The topological polar surface area (TPSA) is 0 Å². The predicted molar refractivity (Wildman–Crippen MR) is 210 cm³/mol. The molecule has 226 valence electrons. The monoisotopic (exact) mass is 610 g/mol. The number of rotatable bonds is 2. The van der Waals surface area contributed by atoms with Gasteiger partial charge in [0.05, 0.1) is 0 Å². The van der Waals surface area contributed by atoms with Crippen molar-refractivity contribution < 1.29 is 0 Å². The van der Waals surface area contributed by atoms with E-state index in [4.69, 9.17) is 0 Å². The fourth-order valence-corrected chi connectivity index (χ4v) is 8.26. The maximum absolute atomic E-state index is 2.45. The van der Waals surface area contributed by atoms with Crippen LogP contribution in [0.15, 0.2) is 152 Å². The second kappa shape index (κ2) is 9.89. The van der Waals surface area contributed by atoms with Crippen LogP contribution in [0.25, 0.3) is 97.7 Å². The molecule has 0 heterocycles. The fourth-order valence-electron chi connectivity index (χ4n) is 8.26. The lowest BCUT2D eigenvalue weighted by atomic mass is 9.81. The number of hydrogen-bond donors (Lipinski definition) is 0. The summed E-state index contributed by atoms with van der Waals surface area (Å²) in [5.41, 5.74) is 6.52. The van der Waals surface area contributed by atoms with Crippen LogP contribution in [0.3, 0.4) is 0 Å². The van der Waals surface area contributed by atoms with E-state index in [2.05, 4.69) is 172 Å². The lowest BCUT2D eigenvalue weighted by Crippen LogP contribution is -2.11. The van der Waals surface area contributed by atoms with Crippen LogP contribution in [0.5, 0.6) is 0 Å². The Kier molecular flexibility index (Phi) is 5.65. The highest BCUT2D eigenvalue weighted by Crippen LogP contribution is 2.45. The van der Waals surface area contributed by atoms with E-state index in [1.165, 1.54) is 103 Å². The van der Waals surface area contributed by atoms with Gasteiger partial charge in [-0.15, -0.1) is 0 Å². The summed E-state index contributed by atoms with van der Waals surface area (Å²) in [6.45, 7) is 6.94. The Morgan fingerprint density at radius 2 is 0.875 bits per heavy atom. The fraction of sp³-hybridized carbons (Fsp3) is 0.0833. The molecule has 0 fully saturated rings. The van der Waals surface area contributed by atoms with Gasteiger partial charge in [0, 0.05) is 0 Å². The smallest absolute Gasteiger partial charge is 0.00141 e. The molecule has 0 aromatic heterocycles. The third kappa shape index (κ3) is 3.96. The summed E-state index contributed by atoms with van der Waals surface area (Å²) >= 11 is 0. The van der Waals surface area contributed by atoms with Crippen LogP contribution >= 0.6 is 0 Å². The maximum atomic E-state index is 2.45. The molecule has 0 aliphatic heterocycles. The van der Waals surface area contributed by atoms with Gasteiger partial charge >= 0.3 is 0 Å². The SMILES string of the molecule is CC(C)(C)c1cc2ccc3c(-c4ccc5cc(-c6cc7ccccc7c7ccccc67)ccc5c4)ccc4c5ccccc5c(c1)c2c34. The highest BCUT2D eigenvalue weighted by Gasteiger charge is 2.20. The average molecular weight is 611 g/mol. The summed E-state index contributed by atoms with van der Waals surface area (Å²) in [6, 6.07) is 57.0. The first-order chi connectivity index (χ1) is 23.4. The molecule has 0 amide bonds. The second-order valence-electron chi connectivity index (χ2n) is 14.5. The highest BCUT2D eigenvalue weighted by molar-refractivity contribution is 6.35. The van der Waals surface area contributed by atoms with E-state index in [-0.39, 0.29) is 5.41 Å². The number of fused-ring (bicyclic) bond motifs is 7. The minimum Gasteiger partial charge on any atom is -0.0616 e. The minimum atomic E-state index is 0.0725. The minimum absolute atomic E-state index is 0.0725. The van der Waals surface area contributed by atoms with E-state index in [9.17, 15) is 0 Å². The molecule has 10 aromatic carbocycles. The molecule has 0 nitrogen and oxygen atoms in total. The molecule has 0 N–H and O–H groups in total. The highest BCUT2D eigenvalue weighted by atomic mass is 14.2. The van der Waals surface area contributed by atoms with Gasteiger partial charge in [-0.2, -0.15) is 0 Å². The quantitative estimate of drug-likeness (QED) is 0.135. The molecular weight excluding hydrogens is 577 g/mol. The second-order valence-corrected chi connectivity index (χ2v) is 14.5. The van der Waals surface area contributed by atoms with Crippen molar-refractivity contribution in [1.82, 2.24) is 0 Å². The Hall–Kier alpha value is -5.72. The van der Waals surface area contributed by atoms with E-state index in [0.717, 1.165) is 0 Å². The Balaban J connectivity index is 1.17. The van der Waals surface area contributed by atoms with Gasteiger partial charge in [-0.05, 0) is 133 Å². The Morgan fingerprint density at radius 1 is 0.312 bits per heavy atom. The normalized spacial score (nSPS) is 12.5. The summed E-state index contributed by atoms with van der Waals surface area (Å²) in [5, 5.41) is 18.4. The van der Waals surface area contributed by atoms with Crippen LogP contribution in [-0.4, -0.2) is 0 Å². The van der Waals surface area contributed by atoms with Crippen molar-refractivity contribution in [3.8, 4) is 22.3 Å². The number of benzene rings is 10. The van der Waals surface area contributed by atoms with Crippen molar-refractivity contribution in [2.75, 3.05) is 0 Å². The van der Waals surface area contributed by atoms with E-state index >= 15 is 0 Å². The molecule has 0 atom stereocenters. The maximum Gasteiger partial charge on any atom is -0.00141 e. The Morgan fingerprint density at radius 3 is 1.58 bits per heavy atom. The van der Waals surface area contributed by atoms with Crippen LogP contribution in [0.1, 0.15) is 26.3 Å². The molecule has 0 unspecified atom stereocenters. The van der Waals surface area contributed by atoms with Crippen LogP contribution in [0, 0.1) is 0 Å². The molecule has 0 saturated carbocycles. The van der Waals surface area contributed by atoms with Crippen LogP contribution in [-0.2, 0) is 5.41 Å². The van der Waals surface area contributed by atoms with E-state index in [1.807, 2.05) is 0 Å². The molecular formula is C48H34. The summed E-state index contributed by atoms with van der Waals surface area (Å²) < 4.78 is 0. The van der Waals surface area contributed by atoms with Gasteiger partial charge in [-0.25, -0.2) is 0 Å². The van der Waals surface area contributed by atoms with Gasteiger partial charge < -0.3 is 0 Å². The first-order valence-corrected chi connectivity index (χ1v) is 17.0. The molecule has 0 aliphatic rings. The Labute approximate surface area is 280 Å². The van der Waals surface area contributed by atoms with Crippen LogP contribution in [0.4, 0.5) is 0 Å². The summed E-state index contributed by atoms with van der Waals surface area (Å²) in [7, 11) is 0. The third-order valence-corrected chi connectivity index (χ3v) is 10.7. The predicted octanol–water partition coefficient (Wildman–Crippen LogP) is 13.8. The van der Waals surface area contributed by atoms with Crippen molar-refractivity contribution in [2.24, 2.45) is 0 Å². The molecule has 0 saturated heterocycles. The van der Waals surface area contributed by atoms with E-state index in [0.29, 0.717) is 0 Å². The van der Waals surface area contributed by atoms with Gasteiger partial charge in [0.2, 0.25) is 0 Å². The van der Waals surface area contributed by atoms with Crippen LogP contribution in [0.2, 0.25) is 0 Å². The standard InChI is InChI=1S/C48H34/c1-48(2,3)35-26-34-20-21-42-37(22-23-43-39-13-7-9-15-41(39)45(28-35)46(34)47(42)43)32-18-16-30-25-33(19-17-29(30)24-32)44-27-31-10-4-5-11-36(31)38-12-6-8-14-40(38)44/h4-28H,1-3H3. The summed E-state index contributed by atoms with van der Waals surface area (Å²) in [6.07, 6.45) is 0. The molecule has 0 spiro atoms. The average Bonchev–Trinajstić information content (AvgIpc) is 3.12. The lowest BCUT2D eigenvalue weighted by Gasteiger charge is -2.23. The van der Waals surface area contributed by atoms with Gasteiger partial charge in [0.15, 0.2) is 0 Å². The third-order valence-electron chi connectivity index (χ3n) is 10.7. The van der Waals surface area contributed by atoms with E-state index in [1.54, 1.807) is 0 Å². The van der Waals surface area contributed by atoms with Gasteiger partial charge in [0.1, 0.15) is 0 Å². The zero-order valence-corrected chi connectivity index (χ0v) is 27.4. The Bertz CT molecular complexity index is 2920. The zero-order valence-electron chi connectivity index (χ0n) is 27.4. The van der Waals surface area contributed by atoms with E-state index < -0.39 is 0 Å². The van der Waals surface area contributed by atoms with Crippen molar-refractivity contribution >= 4 is 75.4 Å². The summed E-state index contributed by atoms with van der Waals surface area (Å²) in [5.74, 6) is 0. The largest absolute Gasteiger partial charge is 0.0616 e. The molecule has 10 rings (SSSR count). The number of hydrogen-bond acceptors (Lipinski definition) is 0. The first-order valence-electron chi connectivity index (χ1n) is 17.0. The molecule has 0 radical (unpaired) electrons. The van der Waals surface area contributed by atoms with Gasteiger partial charge in [-0.3, -0.25) is 0 Å². The van der Waals surface area contributed by atoms with Crippen molar-refractivity contribution in [3.63, 3.8) is 0 Å². The molecule has 0 heteroatoms. The first kappa shape index (κ1) is 27.4. The van der Waals surface area contributed by atoms with Crippen molar-refractivity contribution in [2.45, 2.75) is 26.2 Å². The van der Waals surface area contributed by atoms with Crippen LogP contribution < -0.4 is 0 Å². The molecule has 0 bridgehead atoms. The molecule has 0 aliphatic carbocycles. The zero-order chi connectivity index (χ0) is 32.1.